The van der Waals surface area contributed by atoms with Gasteiger partial charge in [0.1, 0.15) is 19.7 Å². The van der Waals surface area contributed by atoms with Gasteiger partial charge in [-0.1, -0.05) is 8.78 Å². The van der Waals surface area contributed by atoms with Crippen LogP contribution in [0.25, 0.3) is 0 Å². The SMILES string of the molecule is O=C(OCC([N+](=O)[O-])([N+](=O)[O-])[N+](=O)[O-])N(CC(F)([N+](=O)[O-])[N+](=O)[O-])CC(F)([N+](=O)[O-])[N+](=O)[O-]. The first kappa shape index (κ1) is 27.9. The van der Waals surface area contributed by atoms with E-state index in [-0.39, 0.29) is 0 Å². The zero-order chi connectivity index (χ0) is 26.5. The molecule has 0 aliphatic carbocycles. The van der Waals surface area contributed by atoms with Crippen molar-refractivity contribution >= 4 is 6.09 Å². The number of hydrogen-bond donors (Lipinski definition) is 0. The molecule has 0 N–H and O–H groups in total. The van der Waals surface area contributed by atoms with E-state index in [2.05, 4.69) is 4.74 Å². The highest BCUT2D eigenvalue weighted by Crippen LogP contribution is 2.22. The maximum atomic E-state index is 14.0. The van der Waals surface area contributed by atoms with E-state index in [0.29, 0.717) is 0 Å². The number of halogens is 2. The van der Waals surface area contributed by atoms with E-state index in [1.165, 1.54) is 0 Å². The van der Waals surface area contributed by atoms with Gasteiger partial charge in [0.05, 0.1) is 0 Å². The first-order chi connectivity index (χ1) is 14.8. The number of hydrogen-bond acceptors (Lipinski definition) is 16. The predicted molar refractivity (Wildman–Crippen MR) is 82.3 cm³/mol. The average Bonchev–Trinajstić information content (AvgIpc) is 2.65. The summed E-state index contributed by atoms with van der Waals surface area (Å²) in [7, 11) is 0. The topological polar surface area (TPSA) is 332 Å². The Morgan fingerprint density at radius 1 is 0.636 bits per heavy atom. The molecule has 1 amide bonds. The molecule has 184 valence electrons. The van der Waals surface area contributed by atoms with E-state index in [4.69, 9.17) is 0 Å². The van der Waals surface area contributed by atoms with Crippen LogP contribution in [0.3, 0.4) is 0 Å². The van der Waals surface area contributed by atoms with Crippen LogP contribution >= 0.6 is 0 Å². The second-order valence-corrected chi connectivity index (χ2v) is 5.42. The van der Waals surface area contributed by atoms with Crippen LogP contribution in [0.4, 0.5) is 13.6 Å². The van der Waals surface area contributed by atoms with Crippen LogP contribution in [-0.2, 0) is 4.74 Å². The van der Waals surface area contributed by atoms with Crippen LogP contribution in [0.5, 0.6) is 0 Å². The van der Waals surface area contributed by atoms with Crippen LogP contribution < -0.4 is 0 Å². The van der Waals surface area contributed by atoms with Crippen LogP contribution in [0.1, 0.15) is 0 Å². The molecule has 0 aliphatic heterocycles. The molecular formula is C7H6F2N8O16. The van der Waals surface area contributed by atoms with E-state index >= 15 is 0 Å². The van der Waals surface area contributed by atoms with Crippen molar-refractivity contribution in [3.8, 4) is 0 Å². The first-order valence-corrected chi connectivity index (χ1v) is 7.11. The van der Waals surface area contributed by atoms with Gasteiger partial charge in [-0.25, -0.2) is 4.79 Å². The molecule has 0 aromatic carbocycles. The fourth-order valence-corrected chi connectivity index (χ4v) is 1.64. The van der Waals surface area contributed by atoms with Crippen molar-refractivity contribution < 1.29 is 52.8 Å². The number of amides is 1. The van der Waals surface area contributed by atoms with E-state index in [1.54, 1.807) is 0 Å². The number of nitro groups is 7. The minimum atomic E-state index is -5.04. The van der Waals surface area contributed by atoms with Crippen molar-refractivity contribution in [3.05, 3.63) is 70.8 Å². The Morgan fingerprint density at radius 3 is 1.12 bits per heavy atom. The zero-order valence-corrected chi connectivity index (χ0v) is 15.0. The molecule has 0 radical (unpaired) electrons. The van der Waals surface area contributed by atoms with Crippen LogP contribution in [0, 0.1) is 70.8 Å². The van der Waals surface area contributed by atoms with Crippen molar-refractivity contribution in [2.75, 3.05) is 19.7 Å². The van der Waals surface area contributed by atoms with E-state index in [0.717, 1.165) is 0 Å². The molecule has 24 nitrogen and oxygen atoms in total. The van der Waals surface area contributed by atoms with Crippen LogP contribution in [0.2, 0.25) is 0 Å². The number of ether oxygens (including phenoxy) is 1. The van der Waals surface area contributed by atoms with Gasteiger partial charge < -0.3 is 4.74 Å². The minimum absolute atomic E-state index is 1.12. The summed E-state index contributed by atoms with van der Waals surface area (Å²) in [5.74, 6) is -14.7. The molecule has 0 aromatic heterocycles. The van der Waals surface area contributed by atoms with Gasteiger partial charge >= 0.3 is 30.3 Å². The van der Waals surface area contributed by atoms with Crippen molar-refractivity contribution in [1.29, 1.82) is 0 Å². The molecule has 0 rings (SSSR count). The third-order valence-electron chi connectivity index (χ3n) is 3.43. The zero-order valence-electron chi connectivity index (χ0n) is 15.0. The summed E-state index contributed by atoms with van der Waals surface area (Å²) < 4.78 is 31.8. The smallest absolute Gasteiger partial charge is 0.424 e. The van der Waals surface area contributed by atoms with Gasteiger partial charge in [0.2, 0.25) is 13.1 Å². The second kappa shape index (κ2) is 9.38. The average molecular weight is 496 g/mol. The van der Waals surface area contributed by atoms with Crippen molar-refractivity contribution in [2.45, 2.75) is 17.6 Å². The number of carbonyl (C=O) groups is 1. The maximum Gasteiger partial charge on any atom is 0.734 e. The van der Waals surface area contributed by atoms with E-state index < -0.39 is 82.8 Å². The number of carbonyl (C=O) groups excluding carboxylic acids is 1. The van der Waals surface area contributed by atoms with Gasteiger partial charge in [-0.3, -0.25) is 75.7 Å². The van der Waals surface area contributed by atoms with Gasteiger partial charge in [0.15, 0.2) is 14.8 Å². The summed E-state index contributed by atoms with van der Waals surface area (Å²) in [4.78, 5) is 69.3. The Balaban J connectivity index is 6.39. The molecule has 0 saturated heterocycles. The molecule has 0 heterocycles. The lowest BCUT2D eigenvalue weighted by Crippen LogP contribution is -2.60. The van der Waals surface area contributed by atoms with Crippen LogP contribution in [0.15, 0.2) is 0 Å². The molecular weight excluding hydrogens is 490 g/mol. The summed E-state index contributed by atoms with van der Waals surface area (Å²) in [6.07, 6.45) is -2.75. The summed E-state index contributed by atoms with van der Waals surface area (Å²) in [5.41, 5.74) is 0. The third kappa shape index (κ3) is 5.16. The molecule has 0 atom stereocenters. The second-order valence-electron chi connectivity index (χ2n) is 5.42. The van der Waals surface area contributed by atoms with Crippen molar-refractivity contribution in [2.24, 2.45) is 0 Å². The molecule has 0 saturated carbocycles. The number of nitrogens with zero attached hydrogens (tertiary/aromatic N) is 8. The molecule has 33 heavy (non-hydrogen) atoms. The quantitative estimate of drug-likeness (QED) is 0.118. The molecule has 0 aliphatic rings. The molecule has 0 unspecified atom stereocenters. The number of rotatable bonds is 13. The Kier molecular flexibility index (Phi) is 7.94. The molecule has 0 bridgehead atoms. The Bertz CT molecular complexity index is 818. The summed E-state index contributed by atoms with van der Waals surface area (Å²) >= 11 is 0. The lowest BCUT2D eigenvalue weighted by molar-refractivity contribution is -0.970. The molecule has 26 heteroatoms. The molecule has 0 fully saturated rings. The predicted octanol–water partition coefficient (Wildman–Crippen LogP) is -1.74. The standard InChI is InChI=1S/C7H6F2N8O16/c8-5(11(19)20,12(21)22)1-10(2-6(9,13(23)24)14(25)26)4(18)33-3-7(15(27)28,16(29)30)17(31)32/h1-3H2. The first-order valence-electron chi connectivity index (χ1n) is 7.11. The Labute approximate surface area is 173 Å². The van der Waals surface area contributed by atoms with E-state index in [1.807, 2.05) is 0 Å². The normalized spacial score (nSPS) is 11.7. The molecule has 0 spiro atoms. The Hall–Kier alpha value is -5.07. The van der Waals surface area contributed by atoms with Gasteiger partial charge in [-0.15, -0.1) is 0 Å². The molecule has 0 aromatic rings. The fourth-order valence-electron chi connectivity index (χ4n) is 1.64. The number of alkyl halides is 2. The lowest BCUT2D eigenvalue weighted by Gasteiger charge is -2.22. The van der Waals surface area contributed by atoms with Gasteiger partial charge in [-0.2, -0.15) is 0 Å². The maximum absolute atomic E-state index is 14.0. The monoisotopic (exact) mass is 496 g/mol. The summed E-state index contributed by atoms with van der Waals surface area (Å²) in [6, 6.07) is 0. The Morgan fingerprint density at radius 2 is 0.909 bits per heavy atom. The van der Waals surface area contributed by atoms with Gasteiger partial charge in [-0.05, 0) is 0 Å². The highest BCUT2D eigenvalue weighted by Gasteiger charge is 2.72. The summed E-state index contributed by atoms with van der Waals surface area (Å²) in [5, 5.41) is 74.7. The largest absolute Gasteiger partial charge is 0.734 e. The lowest BCUT2D eigenvalue weighted by atomic mass is 10.3. The summed E-state index contributed by atoms with van der Waals surface area (Å²) in [6.45, 7) is -7.93. The fraction of sp³-hybridized carbons (Fsp3) is 0.857. The van der Waals surface area contributed by atoms with Gasteiger partial charge in [0.25, 0.3) is 0 Å². The van der Waals surface area contributed by atoms with Crippen molar-refractivity contribution in [3.63, 3.8) is 0 Å². The van der Waals surface area contributed by atoms with Crippen LogP contribution in [-0.4, -0.2) is 82.8 Å². The minimum Gasteiger partial charge on any atom is -0.424 e. The highest BCUT2D eigenvalue weighted by atomic mass is 19.2. The van der Waals surface area contributed by atoms with E-state index in [9.17, 15) is 84.4 Å². The third-order valence-corrected chi connectivity index (χ3v) is 3.43. The van der Waals surface area contributed by atoms with Gasteiger partial charge in [0, 0.05) is 0 Å². The van der Waals surface area contributed by atoms with Crippen molar-refractivity contribution in [1.82, 2.24) is 4.90 Å². The highest BCUT2D eigenvalue weighted by molar-refractivity contribution is 5.67.